The molecule has 1 aliphatic carbocycles. The molecule has 0 aromatic heterocycles. The topological polar surface area (TPSA) is 66.5 Å². The molecule has 1 atom stereocenters. The first-order valence-electron chi connectivity index (χ1n) is 10.7. The highest BCUT2D eigenvalue weighted by Gasteiger charge is 2.54. The van der Waals surface area contributed by atoms with Crippen LogP contribution in [-0.2, 0) is 14.4 Å². The molecule has 168 valence electrons. The van der Waals surface area contributed by atoms with E-state index in [9.17, 15) is 14.4 Å². The van der Waals surface area contributed by atoms with Crippen LogP contribution in [0.15, 0.2) is 89.5 Å². The number of ketones is 1. The molecule has 6 heteroatoms. The van der Waals surface area contributed by atoms with Gasteiger partial charge in [-0.05, 0) is 72.1 Å². The Morgan fingerprint density at radius 1 is 0.939 bits per heavy atom. The molecule has 5 nitrogen and oxygen atoms in total. The fourth-order valence-electron chi connectivity index (χ4n) is 4.32. The summed E-state index contributed by atoms with van der Waals surface area (Å²) in [7, 11) is 0. The number of nitrogens with one attached hydrogen (secondary N) is 1. The van der Waals surface area contributed by atoms with Crippen molar-refractivity contribution in [3.8, 4) is 0 Å². The van der Waals surface area contributed by atoms with Crippen LogP contribution in [0.3, 0.4) is 0 Å². The van der Waals surface area contributed by atoms with Crippen LogP contribution in [-0.4, -0.2) is 33.6 Å². The second-order valence-corrected chi connectivity index (χ2v) is 9.97. The second kappa shape index (κ2) is 8.60. The summed E-state index contributed by atoms with van der Waals surface area (Å²) in [6.45, 7) is 5.70. The zero-order valence-electron chi connectivity index (χ0n) is 18.7. The predicted molar refractivity (Wildman–Crippen MR) is 132 cm³/mol. The normalized spacial score (nSPS) is 18.2. The molecule has 2 aliphatic rings. The van der Waals surface area contributed by atoms with Crippen molar-refractivity contribution >= 4 is 39.1 Å². The van der Waals surface area contributed by atoms with Gasteiger partial charge in [0.1, 0.15) is 11.6 Å². The van der Waals surface area contributed by atoms with Gasteiger partial charge in [0, 0.05) is 11.1 Å². The Morgan fingerprint density at radius 2 is 1.48 bits per heavy atom. The van der Waals surface area contributed by atoms with Crippen LogP contribution >= 0.6 is 15.9 Å². The van der Waals surface area contributed by atoms with Crippen LogP contribution < -0.4 is 5.32 Å². The highest BCUT2D eigenvalue weighted by atomic mass is 79.9. The third kappa shape index (κ3) is 4.23. The van der Waals surface area contributed by atoms with Crippen molar-refractivity contribution in [1.82, 2.24) is 10.2 Å². The van der Waals surface area contributed by atoms with E-state index in [1.54, 1.807) is 17.1 Å². The number of nitrogens with zero attached hydrogens (tertiary/aromatic N) is 1. The molecule has 1 N–H and O–H groups in total. The monoisotopic (exact) mass is 504 g/mol. The second-order valence-electron chi connectivity index (χ2n) is 9.18. The molecule has 0 fully saturated rings. The molecule has 0 saturated carbocycles. The summed E-state index contributed by atoms with van der Waals surface area (Å²) in [6, 6.07) is 17.8. The van der Waals surface area contributed by atoms with Gasteiger partial charge in [0.25, 0.3) is 5.91 Å². The summed E-state index contributed by atoms with van der Waals surface area (Å²) >= 11 is 3.53. The average Bonchev–Trinajstić information content (AvgIpc) is 2.98. The van der Waals surface area contributed by atoms with Crippen LogP contribution in [0, 0.1) is 0 Å². The average molecular weight is 505 g/mol. The van der Waals surface area contributed by atoms with E-state index in [1.807, 2.05) is 81.4 Å². The highest BCUT2D eigenvalue weighted by molar-refractivity contribution is 9.12. The number of carbonyl (C=O) groups is 3. The van der Waals surface area contributed by atoms with Crippen molar-refractivity contribution < 1.29 is 14.4 Å². The van der Waals surface area contributed by atoms with Crippen LogP contribution in [0.1, 0.15) is 37.9 Å². The largest absolute Gasteiger partial charge is 0.349 e. The summed E-state index contributed by atoms with van der Waals surface area (Å²) in [5.74, 6) is -0.788. The first-order chi connectivity index (χ1) is 15.6. The van der Waals surface area contributed by atoms with E-state index in [2.05, 4.69) is 21.2 Å². The molecule has 4 rings (SSSR count). The van der Waals surface area contributed by atoms with Crippen LogP contribution in [0.5, 0.6) is 0 Å². The molecule has 1 heterocycles. The van der Waals surface area contributed by atoms with Crippen LogP contribution in [0.4, 0.5) is 0 Å². The number of benzene rings is 2. The van der Waals surface area contributed by atoms with E-state index in [0.29, 0.717) is 15.6 Å². The van der Waals surface area contributed by atoms with Gasteiger partial charge < -0.3 is 10.2 Å². The molecule has 1 aliphatic heterocycles. The summed E-state index contributed by atoms with van der Waals surface area (Å²) in [6.07, 6.45) is 6.34. The van der Waals surface area contributed by atoms with Gasteiger partial charge >= 0.3 is 0 Å². The Hall–Kier alpha value is -3.25. The van der Waals surface area contributed by atoms with Gasteiger partial charge in [-0.25, -0.2) is 0 Å². The fourth-order valence-corrected chi connectivity index (χ4v) is 5.06. The third-order valence-corrected chi connectivity index (χ3v) is 6.35. The Labute approximate surface area is 202 Å². The quantitative estimate of drug-likeness (QED) is 0.654. The van der Waals surface area contributed by atoms with Crippen molar-refractivity contribution in [3.05, 3.63) is 101 Å². The minimum absolute atomic E-state index is 0.168. The zero-order chi connectivity index (χ0) is 23.8. The van der Waals surface area contributed by atoms with E-state index in [0.717, 1.165) is 5.56 Å². The Kier molecular flexibility index (Phi) is 5.97. The van der Waals surface area contributed by atoms with Gasteiger partial charge in [0.2, 0.25) is 5.91 Å². The number of hydrogen-bond donors (Lipinski definition) is 1. The molecule has 33 heavy (non-hydrogen) atoms. The van der Waals surface area contributed by atoms with Crippen molar-refractivity contribution in [2.75, 3.05) is 0 Å². The van der Waals surface area contributed by atoms with Gasteiger partial charge in [-0.3, -0.25) is 14.4 Å². The van der Waals surface area contributed by atoms with Crippen molar-refractivity contribution in [2.24, 2.45) is 0 Å². The molecule has 0 saturated heterocycles. The lowest BCUT2D eigenvalue weighted by atomic mass is 9.81. The summed E-state index contributed by atoms with van der Waals surface area (Å²) in [5.41, 5.74) is 0.590. The molecule has 2 amide bonds. The number of amides is 2. The van der Waals surface area contributed by atoms with Gasteiger partial charge in [-0.15, -0.1) is 0 Å². The molecular weight excluding hydrogens is 480 g/mol. The van der Waals surface area contributed by atoms with E-state index in [-0.39, 0.29) is 17.6 Å². The van der Waals surface area contributed by atoms with Crippen molar-refractivity contribution in [2.45, 2.75) is 37.9 Å². The van der Waals surface area contributed by atoms with E-state index < -0.39 is 17.1 Å². The highest BCUT2D eigenvalue weighted by Crippen LogP contribution is 2.50. The van der Waals surface area contributed by atoms with Gasteiger partial charge in [-0.2, -0.15) is 0 Å². The number of carbonyl (C=O) groups excluding carboxylic acids is 3. The standard InChI is InChI=1S/C27H25BrN2O3/c1-26(2,3)29-24(32)23(19-12-8-5-9-13-19)30-25(33)22(28)21(18-10-6-4-7-11-18)27(30)16-14-20(31)15-17-27/h4-17,23H,1-3H3,(H,29,32). The van der Waals surface area contributed by atoms with Crippen molar-refractivity contribution in [3.63, 3.8) is 0 Å². The number of allylic oxidation sites excluding steroid dienone is 2. The van der Waals surface area contributed by atoms with Gasteiger partial charge in [0.15, 0.2) is 5.78 Å². The number of rotatable bonds is 4. The third-order valence-electron chi connectivity index (χ3n) is 5.61. The molecule has 2 aromatic carbocycles. The Balaban J connectivity index is 1.94. The first kappa shape index (κ1) is 22.9. The fraction of sp³-hybridized carbons (Fsp3) is 0.222. The molecule has 2 aromatic rings. The molecular formula is C27H25BrN2O3. The van der Waals surface area contributed by atoms with Gasteiger partial charge in [-0.1, -0.05) is 60.7 Å². The van der Waals surface area contributed by atoms with E-state index in [4.69, 9.17) is 0 Å². The van der Waals surface area contributed by atoms with E-state index >= 15 is 0 Å². The maximum atomic E-state index is 13.8. The molecule has 0 bridgehead atoms. The molecule has 1 unspecified atom stereocenters. The maximum Gasteiger partial charge on any atom is 0.263 e. The smallest absolute Gasteiger partial charge is 0.263 e. The molecule has 0 radical (unpaired) electrons. The Morgan fingerprint density at radius 3 is 2.03 bits per heavy atom. The predicted octanol–water partition coefficient (Wildman–Crippen LogP) is 4.72. The lowest BCUT2D eigenvalue weighted by molar-refractivity contribution is -0.139. The van der Waals surface area contributed by atoms with Crippen LogP contribution in [0.25, 0.3) is 5.57 Å². The summed E-state index contributed by atoms with van der Waals surface area (Å²) in [5, 5.41) is 3.03. The minimum Gasteiger partial charge on any atom is -0.349 e. The number of halogens is 1. The summed E-state index contributed by atoms with van der Waals surface area (Å²) < 4.78 is 0.363. The SMILES string of the molecule is CC(C)(C)NC(=O)C(c1ccccc1)N1C(=O)C(Br)=C(c2ccccc2)C12C=CC(=O)C=C2. The van der Waals surface area contributed by atoms with Gasteiger partial charge in [0.05, 0.1) is 4.48 Å². The Bertz CT molecular complexity index is 1170. The lowest BCUT2D eigenvalue weighted by Gasteiger charge is -2.42. The maximum absolute atomic E-state index is 13.8. The number of hydrogen-bond acceptors (Lipinski definition) is 3. The van der Waals surface area contributed by atoms with Crippen molar-refractivity contribution in [1.29, 1.82) is 0 Å². The zero-order valence-corrected chi connectivity index (χ0v) is 20.3. The van der Waals surface area contributed by atoms with E-state index in [1.165, 1.54) is 12.2 Å². The first-order valence-corrected chi connectivity index (χ1v) is 11.5. The molecule has 1 spiro atoms. The minimum atomic E-state index is -1.11. The van der Waals surface area contributed by atoms with Crippen LogP contribution in [0.2, 0.25) is 0 Å². The summed E-state index contributed by atoms with van der Waals surface area (Å²) in [4.78, 5) is 41.2. The lowest BCUT2D eigenvalue weighted by Crippen LogP contribution is -2.54.